The molecule has 0 spiro atoms. The van der Waals surface area contributed by atoms with Crippen LogP contribution in [0.3, 0.4) is 0 Å². The average Bonchev–Trinajstić information content (AvgIpc) is 2.60. The molecule has 0 aliphatic rings. The van der Waals surface area contributed by atoms with Crippen molar-refractivity contribution >= 4 is 18.0 Å². The largest absolute Gasteiger partial charge is 0.468 e. The second-order valence-electron chi connectivity index (χ2n) is 6.80. The highest BCUT2D eigenvalue weighted by atomic mass is 16.6. The fraction of sp³-hybridized carbons (Fsp3) is 0.526. The molecular weight excluding hydrogens is 338 g/mol. The van der Waals surface area contributed by atoms with Crippen LogP contribution in [0.1, 0.15) is 45.7 Å². The topological polar surface area (TPSA) is 90.9 Å². The predicted octanol–water partition coefficient (Wildman–Crippen LogP) is 2.99. The van der Waals surface area contributed by atoms with Crippen LogP contribution in [0, 0.1) is 5.41 Å². The van der Waals surface area contributed by atoms with E-state index in [2.05, 4.69) is 5.32 Å². The van der Waals surface area contributed by atoms with Crippen molar-refractivity contribution < 1.29 is 28.6 Å². The maximum atomic E-state index is 12.6. The molecule has 1 N–H and O–H groups in total. The maximum absolute atomic E-state index is 12.6. The number of hydrogen-bond acceptors (Lipinski definition) is 6. The van der Waals surface area contributed by atoms with Gasteiger partial charge in [-0.1, -0.05) is 37.3 Å². The van der Waals surface area contributed by atoms with Crippen LogP contribution in [0.4, 0.5) is 4.79 Å². The van der Waals surface area contributed by atoms with Gasteiger partial charge in [-0.05, 0) is 32.8 Å². The first-order valence-corrected chi connectivity index (χ1v) is 8.33. The summed E-state index contributed by atoms with van der Waals surface area (Å²) in [7, 11) is 2.37. The third-order valence-corrected chi connectivity index (χ3v) is 3.94. The Kier molecular flexibility index (Phi) is 7.18. The summed E-state index contributed by atoms with van der Waals surface area (Å²) >= 11 is 0. The Morgan fingerprint density at radius 1 is 1.00 bits per heavy atom. The van der Waals surface area contributed by atoms with Gasteiger partial charge in [-0.25, -0.2) is 4.79 Å². The van der Waals surface area contributed by atoms with Crippen molar-refractivity contribution in [3.05, 3.63) is 35.9 Å². The third kappa shape index (κ3) is 4.74. The first-order chi connectivity index (χ1) is 12.1. The summed E-state index contributed by atoms with van der Waals surface area (Å²) in [6.45, 7) is 6.81. The molecule has 0 saturated heterocycles. The average molecular weight is 365 g/mol. The van der Waals surface area contributed by atoms with E-state index in [1.807, 2.05) is 0 Å². The highest BCUT2D eigenvalue weighted by molar-refractivity contribution is 6.01. The van der Waals surface area contributed by atoms with Crippen LogP contribution >= 0.6 is 0 Å². The van der Waals surface area contributed by atoms with Crippen molar-refractivity contribution in [2.24, 2.45) is 5.41 Å². The second-order valence-corrected chi connectivity index (χ2v) is 6.80. The number of ether oxygens (including phenoxy) is 3. The fourth-order valence-corrected chi connectivity index (χ4v) is 2.74. The van der Waals surface area contributed by atoms with E-state index in [9.17, 15) is 14.4 Å². The Morgan fingerprint density at radius 3 is 1.88 bits per heavy atom. The minimum absolute atomic E-state index is 0.0572. The molecule has 1 atom stereocenters. The van der Waals surface area contributed by atoms with Crippen LogP contribution in [-0.2, 0) is 23.8 Å². The number of nitrogens with one attached hydrogen (secondary N) is 1. The lowest BCUT2D eigenvalue weighted by molar-refractivity contribution is -0.172. The van der Waals surface area contributed by atoms with Crippen LogP contribution in [0.25, 0.3) is 0 Å². The monoisotopic (exact) mass is 365 g/mol. The van der Waals surface area contributed by atoms with E-state index in [4.69, 9.17) is 14.2 Å². The van der Waals surface area contributed by atoms with Gasteiger partial charge in [-0.3, -0.25) is 9.59 Å². The summed E-state index contributed by atoms with van der Waals surface area (Å²) in [6, 6.07) is 7.67. The number of alkyl carbamates (subject to hydrolysis) is 1. The van der Waals surface area contributed by atoms with Crippen molar-refractivity contribution in [1.82, 2.24) is 5.32 Å². The Balaban J connectivity index is 3.47. The first-order valence-electron chi connectivity index (χ1n) is 8.33. The van der Waals surface area contributed by atoms with Crippen LogP contribution in [0.15, 0.2) is 30.3 Å². The van der Waals surface area contributed by atoms with Crippen molar-refractivity contribution in [3.63, 3.8) is 0 Å². The van der Waals surface area contributed by atoms with Crippen LogP contribution < -0.4 is 5.32 Å². The molecule has 0 bridgehead atoms. The molecule has 0 saturated carbocycles. The molecule has 0 aliphatic heterocycles. The first kappa shape index (κ1) is 21.5. The van der Waals surface area contributed by atoms with Gasteiger partial charge in [0.2, 0.25) is 0 Å². The van der Waals surface area contributed by atoms with E-state index >= 15 is 0 Å². The molecule has 26 heavy (non-hydrogen) atoms. The van der Waals surface area contributed by atoms with Crippen molar-refractivity contribution in [1.29, 1.82) is 0 Å². The number of hydrogen-bond donors (Lipinski definition) is 1. The summed E-state index contributed by atoms with van der Waals surface area (Å²) < 4.78 is 15.1. The van der Waals surface area contributed by atoms with Crippen molar-refractivity contribution in [2.75, 3.05) is 14.2 Å². The summed E-state index contributed by atoms with van der Waals surface area (Å²) in [6.07, 6.45) is -0.696. The van der Waals surface area contributed by atoms with E-state index in [0.29, 0.717) is 5.56 Å². The van der Waals surface area contributed by atoms with E-state index in [0.717, 1.165) is 0 Å². The molecule has 1 rings (SSSR count). The van der Waals surface area contributed by atoms with Gasteiger partial charge in [-0.15, -0.1) is 0 Å². The molecule has 1 aromatic carbocycles. The number of carbonyl (C=O) groups excluding carboxylic acids is 3. The molecule has 0 radical (unpaired) electrons. The number of amides is 1. The normalized spacial score (nSPS) is 12.7. The lowest BCUT2D eigenvalue weighted by Gasteiger charge is -2.36. The van der Waals surface area contributed by atoms with Gasteiger partial charge in [0.15, 0.2) is 5.41 Å². The van der Waals surface area contributed by atoms with Gasteiger partial charge in [0, 0.05) is 0 Å². The van der Waals surface area contributed by atoms with E-state index in [1.54, 1.807) is 58.0 Å². The summed E-state index contributed by atoms with van der Waals surface area (Å²) in [5.74, 6) is -1.59. The quantitative estimate of drug-likeness (QED) is 0.473. The minimum atomic E-state index is -1.75. The number of esters is 2. The molecule has 7 heteroatoms. The lowest BCUT2D eigenvalue weighted by Crippen LogP contribution is -2.52. The van der Waals surface area contributed by atoms with Gasteiger partial charge in [0.1, 0.15) is 5.60 Å². The van der Waals surface area contributed by atoms with Gasteiger partial charge >= 0.3 is 18.0 Å². The molecule has 1 amide bonds. The second kappa shape index (κ2) is 8.69. The van der Waals surface area contributed by atoms with Crippen molar-refractivity contribution in [2.45, 2.75) is 45.8 Å². The number of benzene rings is 1. The summed E-state index contributed by atoms with van der Waals surface area (Å²) in [5.41, 5.74) is -1.94. The SMILES string of the molecule is CCC(C(=O)OC)(C(=O)OC)C(NC(=O)OC(C)(C)C)c1ccccc1. The van der Waals surface area contributed by atoms with Gasteiger partial charge in [0.25, 0.3) is 0 Å². The third-order valence-electron chi connectivity index (χ3n) is 3.94. The van der Waals surface area contributed by atoms with Crippen LogP contribution in [0.5, 0.6) is 0 Å². The standard InChI is InChI=1S/C19H27NO6/c1-7-19(15(21)24-5,16(22)25-6)14(13-11-9-8-10-12-13)20-17(23)26-18(2,3)4/h8-12,14H,7H2,1-6H3,(H,20,23). The number of rotatable bonds is 6. The van der Waals surface area contributed by atoms with Crippen LogP contribution in [-0.4, -0.2) is 37.9 Å². The molecule has 1 unspecified atom stereocenters. The summed E-state index contributed by atoms with van der Waals surface area (Å²) in [5, 5.41) is 2.65. The fourth-order valence-electron chi connectivity index (χ4n) is 2.74. The molecule has 0 fully saturated rings. The molecule has 0 heterocycles. The van der Waals surface area contributed by atoms with Gasteiger partial charge in [-0.2, -0.15) is 0 Å². The lowest BCUT2D eigenvalue weighted by atomic mass is 9.74. The molecule has 7 nitrogen and oxygen atoms in total. The van der Waals surface area contributed by atoms with Gasteiger partial charge in [0.05, 0.1) is 20.3 Å². The molecular formula is C19H27NO6. The summed E-state index contributed by atoms with van der Waals surface area (Å²) in [4.78, 5) is 37.7. The number of methoxy groups -OCH3 is 2. The highest BCUT2D eigenvalue weighted by Crippen LogP contribution is 2.40. The van der Waals surface area contributed by atoms with E-state index in [-0.39, 0.29) is 6.42 Å². The van der Waals surface area contributed by atoms with Crippen molar-refractivity contribution in [3.8, 4) is 0 Å². The maximum Gasteiger partial charge on any atom is 0.408 e. The zero-order valence-electron chi connectivity index (χ0n) is 16.1. The zero-order valence-corrected chi connectivity index (χ0v) is 16.1. The van der Waals surface area contributed by atoms with Gasteiger partial charge < -0.3 is 19.5 Å². The highest BCUT2D eigenvalue weighted by Gasteiger charge is 2.55. The Hall–Kier alpha value is -2.57. The molecule has 0 aromatic heterocycles. The van der Waals surface area contributed by atoms with E-state index in [1.165, 1.54) is 14.2 Å². The Bertz CT molecular complexity index is 619. The zero-order chi connectivity index (χ0) is 20.0. The Labute approximate surface area is 154 Å². The predicted molar refractivity (Wildman–Crippen MR) is 95.3 cm³/mol. The smallest absolute Gasteiger partial charge is 0.408 e. The molecule has 0 aliphatic carbocycles. The van der Waals surface area contributed by atoms with E-state index < -0.39 is 35.1 Å². The number of carbonyl (C=O) groups is 3. The Morgan fingerprint density at radius 2 is 1.50 bits per heavy atom. The van der Waals surface area contributed by atoms with Crippen LogP contribution in [0.2, 0.25) is 0 Å². The molecule has 144 valence electrons. The molecule has 1 aromatic rings. The minimum Gasteiger partial charge on any atom is -0.468 e.